The predicted octanol–water partition coefficient (Wildman–Crippen LogP) is 0.330. The largest absolute Gasteiger partial charge is 0.484 e. The van der Waals surface area contributed by atoms with Crippen LogP contribution in [0, 0.1) is 5.41 Å². The first-order chi connectivity index (χ1) is 10.5. The molecule has 0 aromatic heterocycles. The number of carbonyl (C=O) groups is 1. The summed E-state index contributed by atoms with van der Waals surface area (Å²) >= 11 is 0. The molecule has 1 aromatic carbocycles. The molecule has 0 radical (unpaired) electrons. The number of amides is 1. The molecule has 3 atom stereocenters. The van der Waals surface area contributed by atoms with E-state index in [2.05, 4.69) is 5.32 Å². The van der Waals surface area contributed by atoms with Crippen molar-refractivity contribution in [2.75, 3.05) is 26.9 Å². The van der Waals surface area contributed by atoms with Gasteiger partial charge in [0.05, 0.1) is 18.8 Å². The summed E-state index contributed by atoms with van der Waals surface area (Å²) in [6.07, 6.45) is -0.732. The van der Waals surface area contributed by atoms with Crippen molar-refractivity contribution in [3.8, 4) is 5.75 Å². The minimum absolute atomic E-state index is 0.0712. The molecule has 1 unspecified atom stereocenters. The van der Waals surface area contributed by atoms with Crippen molar-refractivity contribution in [1.82, 2.24) is 5.32 Å². The molecule has 6 nitrogen and oxygen atoms in total. The highest BCUT2D eigenvalue weighted by Gasteiger charge is 2.44. The number of aliphatic hydroxyl groups excluding tert-OH is 2. The van der Waals surface area contributed by atoms with Gasteiger partial charge >= 0.3 is 0 Å². The summed E-state index contributed by atoms with van der Waals surface area (Å²) in [7, 11) is 1.57. The fourth-order valence-corrected chi connectivity index (χ4v) is 2.86. The van der Waals surface area contributed by atoms with Crippen molar-refractivity contribution in [1.29, 1.82) is 0 Å². The number of hydrogen-bond acceptors (Lipinski definition) is 5. The van der Waals surface area contributed by atoms with Gasteiger partial charge in [0.2, 0.25) is 0 Å². The van der Waals surface area contributed by atoms with Crippen molar-refractivity contribution >= 4 is 5.91 Å². The Balaban J connectivity index is 1.81. The lowest BCUT2D eigenvalue weighted by molar-refractivity contribution is -0.123. The Bertz CT molecular complexity index is 469. The van der Waals surface area contributed by atoms with Crippen molar-refractivity contribution in [2.24, 2.45) is 5.41 Å². The summed E-state index contributed by atoms with van der Waals surface area (Å²) in [6.45, 7) is 0.644. The third kappa shape index (κ3) is 4.43. The molecule has 0 saturated heterocycles. The fraction of sp³-hybridized carbons (Fsp3) is 0.562. The molecule has 1 aliphatic carbocycles. The monoisotopic (exact) mass is 309 g/mol. The van der Waals surface area contributed by atoms with Crippen LogP contribution in [0.1, 0.15) is 12.8 Å². The first kappa shape index (κ1) is 16.7. The van der Waals surface area contributed by atoms with Crippen molar-refractivity contribution in [2.45, 2.75) is 25.0 Å². The number of aliphatic hydroxyl groups is 2. The molecule has 0 heterocycles. The minimum Gasteiger partial charge on any atom is -0.484 e. The molecule has 1 aromatic rings. The molecule has 3 N–H and O–H groups in total. The second kappa shape index (κ2) is 7.58. The van der Waals surface area contributed by atoms with Gasteiger partial charge in [-0.05, 0) is 25.0 Å². The van der Waals surface area contributed by atoms with Crippen LogP contribution in [0.25, 0.3) is 0 Å². The Labute approximate surface area is 130 Å². The third-order valence-corrected chi connectivity index (χ3v) is 3.95. The number of ether oxygens (including phenoxy) is 2. The average molecular weight is 309 g/mol. The zero-order valence-corrected chi connectivity index (χ0v) is 12.7. The Hall–Kier alpha value is -1.63. The van der Waals surface area contributed by atoms with E-state index in [1.165, 1.54) is 0 Å². The van der Waals surface area contributed by atoms with Crippen molar-refractivity contribution in [3.63, 3.8) is 0 Å². The molecule has 0 spiro atoms. The second-order valence-corrected chi connectivity index (χ2v) is 5.85. The van der Waals surface area contributed by atoms with E-state index in [1.54, 1.807) is 19.2 Å². The van der Waals surface area contributed by atoms with Crippen molar-refractivity contribution < 1.29 is 24.5 Å². The highest BCUT2D eigenvalue weighted by molar-refractivity contribution is 5.77. The first-order valence-corrected chi connectivity index (χ1v) is 7.34. The fourth-order valence-electron chi connectivity index (χ4n) is 2.86. The molecule has 1 amide bonds. The van der Waals surface area contributed by atoms with E-state index in [-0.39, 0.29) is 12.5 Å². The van der Waals surface area contributed by atoms with E-state index in [9.17, 15) is 15.0 Å². The van der Waals surface area contributed by atoms with E-state index in [0.29, 0.717) is 31.7 Å². The van der Waals surface area contributed by atoms with Crippen LogP contribution in [0.5, 0.6) is 5.75 Å². The van der Waals surface area contributed by atoms with Gasteiger partial charge in [0.15, 0.2) is 6.61 Å². The summed E-state index contributed by atoms with van der Waals surface area (Å²) in [5, 5.41) is 22.3. The van der Waals surface area contributed by atoms with Gasteiger partial charge in [-0.25, -0.2) is 0 Å². The predicted molar refractivity (Wildman–Crippen MR) is 80.5 cm³/mol. The van der Waals surface area contributed by atoms with Crippen LogP contribution in [0.4, 0.5) is 0 Å². The van der Waals surface area contributed by atoms with Crippen LogP contribution in [0.15, 0.2) is 30.3 Å². The van der Waals surface area contributed by atoms with Crippen LogP contribution in [-0.4, -0.2) is 55.2 Å². The van der Waals surface area contributed by atoms with Crippen LogP contribution in [-0.2, 0) is 9.53 Å². The lowest BCUT2D eigenvalue weighted by Crippen LogP contribution is -2.41. The van der Waals surface area contributed by atoms with Crippen LogP contribution in [0.2, 0.25) is 0 Å². The average Bonchev–Trinajstić information content (AvgIpc) is 2.79. The molecule has 6 heteroatoms. The molecular formula is C16H23NO5. The molecule has 1 saturated carbocycles. The molecule has 22 heavy (non-hydrogen) atoms. The Kier molecular flexibility index (Phi) is 5.76. The number of para-hydroxylation sites is 1. The smallest absolute Gasteiger partial charge is 0.257 e. The Morgan fingerprint density at radius 1 is 1.27 bits per heavy atom. The number of rotatable bonds is 7. The number of nitrogens with one attached hydrogen (secondary N) is 1. The standard InChI is InChI=1S/C16H23NO5/c1-21-11-16(7-13(18)14(19)8-16)10-17-15(20)9-22-12-5-3-2-4-6-12/h2-6,13-14,18-19H,7-11H2,1H3,(H,17,20)/t13-,14+,16?. The van der Waals surface area contributed by atoms with Gasteiger partial charge in [0, 0.05) is 19.1 Å². The van der Waals surface area contributed by atoms with Gasteiger partial charge < -0.3 is 25.0 Å². The van der Waals surface area contributed by atoms with Gasteiger partial charge in [-0.3, -0.25) is 4.79 Å². The van der Waals surface area contributed by atoms with Gasteiger partial charge in [-0.1, -0.05) is 18.2 Å². The number of carbonyl (C=O) groups excluding carboxylic acids is 1. The van der Waals surface area contributed by atoms with Gasteiger partial charge in [-0.2, -0.15) is 0 Å². The molecule has 2 rings (SSSR count). The van der Waals surface area contributed by atoms with Crippen LogP contribution >= 0.6 is 0 Å². The summed E-state index contributed by atoms with van der Waals surface area (Å²) in [4.78, 5) is 11.9. The number of hydrogen-bond donors (Lipinski definition) is 3. The highest BCUT2D eigenvalue weighted by atomic mass is 16.5. The maximum Gasteiger partial charge on any atom is 0.257 e. The van der Waals surface area contributed by atoms with E-state index in [4.69, 9.17) is 9.47 Å². The van der Waals surface area contributed by atoms with Gasteiger partial charge in [0.25, 0.3) is 5.91 Å². The highest BCUT2D eigenvalue weighted by Crippen LogP contribution is 2.38. The second-order valence-electron chi connectivity index (χ2n) is 5.85. The topological polar surface area (TPSA) is 88.0 Å². The van der Waals surface area contributed by atoms with E-state index < -0.39 is 17.6 Å². The SMILES string of the molecule is COCC1(CNC(=O)COc2ccccc2)C[C@@H](O)[C@@H](O)C1. The Morgan fingerprint density at radius 3 is 2.50 bits per heavy atom. The van der Waals surface area contributed by atoms with E-state index in [1.807, 2.05) is 18.2 Å². The first-order valence-electron chi connectivity index (χ1n) is 7.34. The summed E-state index contributed by atoms with van der Waals surface area (Å²) < 4.78 is 10.6. The van der Waals surface area contributed by atoms with Gasteiger partial charge in [-0.15, -0.1) is 0 Å². The summed E-state index contributed by atoms with van der Waals surface area (Å²) in [6, 6.07) is 9.11. The molecule has 1 fully saturated rings. The van der Waals surface area contributed by atoms with E-state index >= 15 is 0 Å². The molecule has 0 aliphatic heterocycles. The zero-order chi connectivity index (χ0) is 16.0. The van der Waals surface area contributed by atoms with Gasteiger partial charge in [0.1, 0.15) is 5.75 Å². The number of methoxy groups -OCH3 is 1. The lowest BCUT2D eigenvalue weighted by atomic mass is 9.86. The maximum atomic E-state index is 11.9. The molecule has 1 aliphatic rings. The summed E-state index contributed by atoms with van der Waals surface area (Å²) in [5.74, 6) is 0.395. The minimum atomic E-state index is -0.771. The lowest BCUT2D eigenvalue weighted by Gasteiger charge is -2.28. The Morgan fingerprint density at radius 2 is 1.91 bits per heavy atom. The van der Waals surface area contributed by atoms with Crippen LogP contribution in [0.3, 0.4) is 0 Å². The molecular weight excluding hydrogens is 286 g/mol. The third-order valence-electron chi connectivity index (χ3n) is 3.95. The molecule has 0 bridgehead atoms. The molecule has 122 valence electrons. The number of benzene rings is 1. The zero-order valence-electron chi connectivity index (χ0n) is 12.7. The van der Waals surface area contributed by atoms with Crippen molar-refractivity contribution in [3.05, 3.63) is 30.3 Å². The summed E-state index contributed by atoms with van der Waals surface area (Å²) in [5.41, 5.74) is -0.435. The maximum absolute atomic E-state index is 11.9. The normalized spacial score (nSPS) is 27.6. The quantitative estimate of drug-likeness (QED) is 0.675. The van der Waals surface area contributed by atoms with Crippen LogP contribution < -0.4 is 10.1 Å². The van der Waals surface area contributed by atoms with E-state index in [0.717, 1.165) is 0 Å².